The van der Waals surface area contributed by atoms with Crippen molar-refractivity contribution < 1.29 is 23.1 Å². The fourth-order valence-electron chi connectivity index (χ4n) is 4.56. The minimum Gasteiger partial charge on any atom is -0.378 e. The first-order valence-electron chi connectivity index (χ1n) is 11.9. The van der Waals surface area contributed by atoms with Gasteiger partial charge in [0.15, 0.2) is 0 Å². The number of morpholine rings is 1. The molecule has 36 heavy (non-hydrogen) atoms. The van der Waals surface area contributed by atoms with Crippen LogP contribution in [0, 0.1) is 6.92 Å². The van der Waals surface area contributed by atoms with E-state index in [4.69, 9.17) is 4.74 Å². The van der Waals surface area contributed by atoms with E-state index in [0.717, 1.165) is 11.1 Å². The van der Waals surface area contributed by atoms with E-state index in [1.54, 1.807) is 29.2 Å². The fraction of sp³-hybridized carbons (Fsp3) is 0.346. The number of nitrogens with one attached hydrogen (secondary N) is 2. The number of benzene rings is 2. The number of aromatic nitrogens is 2. The number of hydrogen-bond acceptors (Lipinski definition) is 5. The predicted molar refractivity (Wildman–Crippen MR) is 131 cm³/mol. The lowest BCUT2D eigenvalue weighted by Crippen LogP contribution is -2.40. The largest absolute Gasteiger partial charge is 0.378 e. The van der Waals surface area contributed by atoms with Crippen LogP contribution in [0.15, 0.2) is 54.7 Å². The van der Waals surface area contributed by atoms with Crippen molar-refractivity contribution in [2.24, 2.45) is 0 Å². The van der Waals surface area contributed by atoms with Crippen molar-refractivity contribution in [1.82, 2.24) is 14.7 Å². The first-order valence-corrected chi connectivity index (χ1v) is 11.9. The minimum absolute atomic E-state index is 0.0914. The maximum atomic E-state index is 13.9. The van der Waals surface area contributed by atoms with Gasteiger partial charge in [0.1, 0.15) is 17.4 Å². The Morgan fingerprint density at radius 2 is 1.78 bits per heavy atom. The van der Waals surface area contributed by atoms with Crippen molar-refractivity contribution >= 4 is 23.3 Å². The van der Waals surface area contributed by atoms with E-state index in [-0.39, 0.29) is 29.8 Å². The summed E-state index contributed by atoms with van der Waals surface area (Å²) in [4.78, 5) is 27.5. The van der Waals surface area contributed by atoms with Gasteiger partial charge in [0, 0.05) is 24.3 Å². The SMILES string of the molecule is Cc1ccc([C@@H]2C[C@H](C(F)F)n3ncc(C(=O)Nc4ccc(C(=O)N5CCOCC5)cc4)c3N2)cc1. The molecule has 2 aromatic carbocycles. The molecule has 2 atom stereocenters. The number of ether oxygens (including phenoxy) is 1. The second kappa shape index (κ2) is 10.1. The highest BCUT2D eigenvalue weighted by Crippen LogP contribution is 2.39. The standard InChI is InChI=1S/C26H27F2N5O3/c1-16-2-4-17(5-3-16)21-14-22(23(27)28)33-24(31-21)20(15-29-33)25(34)30-19-8-6-18(7-9-19)26(35)32-10-12-36-13-11-32/h2-9,15,21-23,31H,10-14H2,1H3,(H,30,34)/t21-,22+/m0/s1. The normalized spacial score (nSPS) is 19.5. The lowest BCUT2D eigenvalue weighted by Gasteiger charge is -2.32. The Kier molecular flexibility index (Phi) is 6.69. The molecule has 188 valence electrons. The van der Waals surface area contributed by atoms with E-state index in [2.05, 4.69) is 15.7 Å². The summed E-state index contributed by atoms with van der Waals surface area (Å²) in [6, 6.07) is 12.7. The molecule has 2 N–H and O–H groups in total. The third kappa shape index (κ3) is 4.81. The molecule has 0 spiro atoms. The molecule has 0 bridgehead atoms. The fourth-order valence-corrected chi connectivity index (χ4v) is 4.56. The van der Waals surface area contributed by atoms with Crippen LogP contribution in [-0.4, -0.2) is 59.2 Å². The molecule has 1 aromatic heterocycles. The Labute approximate surface area is 207 Å². The smallest absolute Gasteiger partial charge is 0.261 e. The van der Waals surface area contributed by atoms with Gasteiger partial charge in [-0.05, 0) is 43.2 Å². The predicted octanol–water partition coefficient (Wildman–Crippen LogP) is 4.28. The van der Waals surface area contributed by atoms with Gasteiger partial charge in [-0.3, -0.25) is 9.59 Å². The molecule has 8 nitrogen and oxygen atoms in total. The summed E-state index contributed by atoms with van der Waals surface area (Å²) in [5.41, 5.74) is 3.11. The molecule has 0 radical (unpaired) electrons. The Balaban J connectivity index is 1.33. The van der Waals surface area contributed by atoms with Crippen LogP contribution in [0.4, 0.5) is 20.3 Å². The first-order chi connectivity index (χ1) is 17.4. The van der Waals surface area contributed by atoms with Crippen molar-refractivity contribution in [3.8, 4) is 0 Å². The number of amides is 2. The van der Waals surface area contributed by atoms with Crippen LogP contribution in [0.1, 0.15) is 50.3 Å². The number of nitrogens with zero attached hydrogens (tertiary/aromatic N) is 3. The molecular weight excluding hydrogens is 468 g/mol. The molecule has 3 heterocycles. The molecule has 2 aliphatic heterocycles. The molecular formula is C26H27F2N5O3. The van der Waals surface area contributed by atoms with Crippen LogP contribution in [0.5, 0.6) is 0 Å². The van der Waals surface area contributed by atoms with Crippen molar-refractivity contribution in [2.45, 2.75) is 31.9 Å². The van der Waals surface area contributed by atoms with Crippen molar-refractivity contribution in [2.75, 3.05) is 36.9 Å². The maximum absolute atomic E-state index is 13.9. The molecule has 10 heteroatoms. The van der Waals surface area contributed by atoms with Crippen molar-refractivity contribution in [1.29, 1.82) is 0 Å². The molecule has 0 unspecified atom stereocenters. The third-order valence-electron chi connectivity index (χ3n) is 6.60. The number of carbonyl (C=O) groups is 2. The van der Waals surface area contributed by atoms with Gasteiger partial charge < -0.3 is 20.3 Å². The van der Waals surface area contributed by atoms with Crippen molar-refractivity contribution in [3.63, 3.8) is 0 Å². The highest BCUT2D eigenvalue weighted by molar-refractivity contribution is 6.07. The minimum atomic E-state index is -2.63. The van der Waals surface area contributed by atoms with Crippen LogP contribution < -0.4 is 10.6 Å². The summed E-state index contributed by atoms with van der Waals surface area (Å²) in [7, 11) is 0. The highest BCUT2D eigenvalue weighted by Gasteiger charge is 2.36. The van der Waals surface area contributed by atoms with Gasteiger partial charge in [-0.2, -0.15) is 5.10 Å². The summed E-state index contributed by atoms with van der Waals surface area (Å²) in [6.45, 7) is 4.07. The van der Waals surface area contributed by atoms with Crippen LogP contribution >= 0.6 is 0 Å². The molecule has 5 rings (SSSR count). The monoisotopic (exact) mass is 495 g/mol. The van der Waals surface area contributed by atoms with Gasteiger partial charge in [-0.25, -0.2) is 13.5 Å². The van der Waals surface area contributed by atoms with E-state index < -0.39 is 18.4 Å². The van der Waals surface area contributed by atoms with Crippen molar-refractivity contribution in [3.05, 3.63) is 77.0 Å². The van der Waals surface area contributed by atoms with Crippen LogP contribution in [0.25, 0.3) is 0 Å². The molecule has 0 saturated carbocycles. The van der Waals surface area contributed by atoms with Crippen LogP contribution in [-0.2, 0) is 4.74 Å². The summed E-state index contributed by atoms with van der Waals surface area (Å²) >= 11 is 0. The number of anilines is 2. The quantitative estimate of drug-likeness (QED) is 0.552. The lowest BCUT2D eigenvalue weighted by atomic mass is 9.96. The zero-order valence-corrected chi connectivity index (χ0v) is 19.8. The molecule has 0 aliphatic carbocycles. The average molecular weight is 496 g/mol. The Morgan fingerprint density at radius 3 is 2.44 bits per heavy atom. The van der Waals surface area contributed by atoms with Gasteiger partial charge in [-0.1, -0.05) is 29.8 Å². The summed E-state index contributed by atoms with van der Waals surface area (Å²) in [5.74, 6) is -0.311. The second-order valence-corrected chi connectivity index (χ2v) is 9.03. The molecule has 2 aliphatic rings. The lowest BCUT2D eigenvalue weighted by molar-refractivity contribution is 0.0303. The summed E-state index contributed by atoms with van der Waals surface area (Å²) in [5, 5.41) is 10.1. The maximum Gasteiger partial charge on any atom is 0.261 e. The highest BCUT2D eigenvalue weighted by atomic mass is 19.3. The number of rotatable bonds is 5. The Hall–Kier alpha value is -3.79. The number of halogens is 2. The molecule has 1 saturated heterocycles. The number of carbonyl (C=O) groups excluding carboxylic acids is 2. The van der Waals surface area contributed by atoms with Gasteiger partial charge in [0.2, 0.25) is 0 Å². The van der Waals surface area contributed by atoms with Crippen LogP contribution in [0.3, 0.4) is 0 Å². The van der Waals surface area contributed by atoms with Gasteiger partial charge in [0.25, 0.3) is 18.2 Å². The number of aryl methyl sites for hydroxylation is 1. The number of hydrogen-bond donors (Lipinski definition) is 2. The topological polar surface area (TPSA) is 88.5 Å². The van der Waals surface area contributed by atoms with E-state index >= 15 is 0 Å². The Bertz CT molecular complexity index is 1240. The average Bonchev–Trinajstić information content (AvgIpc) is 3.33. The number of fused-ring (bicyclic) bond motifs is 1. The second-order valence-electron chi connectivity index (χ2n) is 9.03. The van der Waals surface area contributed by atoms with E-state index in [1.165, 1.54) is 10.9 Å². The van der Waals surface area contributed by atoms with Gasteiger partial charge in [-0.15, -0.1) is 0 Å². The number of alkyl halides is 2. The Morgan fingerprint density at radius 1 is 1.08 bits per heavy atom. The first kappa shape index (κ1) is 23.9. The summed E-state index contributed by atoms with van der Waals surface area (Å²) in [6.07, 6.45) is -1.18. The molecule has 2 amide bonds. The summed E-state index contributed by atoms with van der Waals surface area (Å²) < 4.78 is 34.3. The van der Waals surface area contributed by atoms with Crippen LogP contribution in [0.2, 0.25) is 0 Å². The zero-order valence-electron chi connectivity index (χ0n) is 19.8. The molecule has 3 aromatic rings. The van der Waals surface area contributed by atoms with E-state index in [1.807, 2.05) is 31.2 Å². The van der Waals surface area contributed by atoms with E-state index in [0.29, 0.717) is 37.6 Å². The zero-order chi connectivity index (χ0) is 25.2. The van der Waals surface area contributed by atoms with E-state index in [9.17, 15) is 18.4 Å². The van der Waals surface area contributed by atoms with Gasteiger partial charge in [0.05, 0.1) is 25.5 Å². The third-order valence-corrected chi connectivity index (χ3v) is 6.60. The molecule has 1 fully saturated rings. The van der Waals surface area contributed by atoms with Gasteiger partial charge >= 0.3 is 0 Å².